The number of carbonyl (C=O) groups excluding carboxylic acids is 1. The molecule has 8 nitrogen and oxygen atoms in total. The number of hydrogen-bond donors (Lipinski definition) is 2. The van der Waals surface area contributed by atoms with E-state index in [2.05, 4.69) is 62.5 Å². The molecule has 0 radical (unpaired) electrons. The van der Waals surface area contributed by atoms with E-state index in [4.69, 9.17) is 24.3 Å². The molecule has 0 amide bonds. The van der Waals surface area contributed by atoms with Crippen molar-refractivity contribution in [2.24, 2.45) is 5.73 Å². The predicted molar refractivity (Wildman–Crippen MR) is 266 cm³/mol. The molecule has 0 aromatic rings. The summed E-state index contributed by atoms with van der Waals surface area (Å²) in [5.74, 6) is -0.341. The molecule has 364 valence electrons. The standard InChI is InChI=1S/C53H100NO7P/c1-3-5-7-9-11-13-15-17-19-21-23-24-25-26-27-29-31-33-35-37-39-41-43-45-48-58-50-52(51-60-62(56,57)59-49-47-54)61-53(55)46-44-42-40-38-36-34-32-30-28-22-20-18-16-14-12-10-8-6-4-2/h6,8,12,14,18,20,28,30,52H,3-5,7,9-11,13,15-17,19,21-27,29,31-51,54H2,1-2H3,(H,56,57)/b8-6-,14-12-,20-18-,30-28-. The fraction of sp³-hybridized carbons (Fsp3) is 0.830. The van der Waals surface area contributed by atoms with E-state index in [0.717, 1.165) is 70.6 Å². The van der Waals surface area contributed by atoms with E-state index in [1.54, 1.807) is 0 Å². The maximum atomic E-state index is 12.6. The van der Waals surface area contributed by atoms with Crippen LogP contribution in [0, 0.1) is 0 Å². The molecule has 62 heavy (non-hydrogen) atoms. The minimum atomic E-state index is -4.29. The number of allylic oxidation sites excluding steroid dienone is 8. The average Bonchev–Trinajstić information content (AvgIpc) is 3.26. The van der Waals surface area contributed by atoms with Gasteiger partial charge in [-0.05, 0) is 51.4 Å². The van der Waals surface area contributed by atoms with Crippen LogP contribution in [0.5, 0.6) is 0 Å². The molecule has 0 spiro atoms. The van der Waals surface area contributed by atoms with Gasteiger partial charge < -0.3 is 20.1 Å². The zero-order chi connectivity index (χ0) is 45.1. The number of rotatable bonds is 50. The summed E-state index contributed by atoms with van der Waals surface area (Å²) < 4.78 is 33.6. The van der Waals surface area contributed by atoms with E-state index < -0.39 is 13.9 Å². The van der Waals surface area contributed by atoms with Crippen molar-refractivity contribution in [2.45, 2.75) is 251 Å². The highest BCUT2D eigenvalue weighted by atomic mass is 31.2. The molecule has 0 saturated heterocycles. The number of carbonyl (C=O) groups is 1. The number of nitrogens with two attached hydrogens (primary N) is 1. The Morgan fingerprint density at radius 2 is 0.903 bits per heavy atom. The topological polar surface area (TPSA) is 117 Å². The molecule has 0 aliphatic rings. The van der Waals surface area contributed by atoms with E-state index in [1.165, 1.54) is 154 Å². The fourth-order valence-corrected chi connectivity index (χ4v) is 8.23. The van der Waals surface area contributed by atoms with Crippen molar-refractivity contribution >= 4 is 13.8 Å². The zero-order valence-electron chi connectivity index (χ0n) is 40.6. The molecule has 0 heterocycles. The summed E-state index contributed by atoms with van der Waals surface area (Å²) in [4.78, 5) is 22.6. The molecular formula is C53H100NO7P. The van der Waals surface area contributed by atoms with Crippen LogP contribution in [-0.2, 0) is 27.9 Å². The maximum Gasteiger partial charge on any atom is 0.472 e. The number of esters is 1. The molecule has 0 aromatic heterocycles. The number of phosphoric acid groups is 1. The van der Waals surface area contributed by atoms with Gasteiger partial charge in [-0.1, -0.05) is 236 Å². The second-order valence-corrected chi connectivity index (χ2v) is 18.8. The zero-order valence-corrected chi connectivity index (χ0v) is 41.5. The second-order valence-electron chi connectivity index (χ2n) is 17.4. The van der Waals surface area contributed by atoms with Gasteiger partial charge in [0.05, 0.1) is 19.8 Å². The largest absolute Gasteiger partial charge is 0.472 e. The van der Waals surface area contributed by atoms with Crippen molar-refractivity contribution in [3.05, 3.63) is 48.6 Å². The first-order valence-corrected chi connectivity index (χ1v) is 27.6. The van der Waals surface area contributed by atoms with Crippen molar-refractivity contribution in [3.8, 4) is 0 Å². The summed E-state index contributed by atoms with van der Waals surface area (Å²) in [7, 11) is -4.29. The number of hydrogen-bond acceptors (Lipinski definition) is 7. The predicted octanol–water partition coefficient (Wildman–Crippen LogP) is 16.3. The van der Waals surface area contributed by atoms with Crippen LogP contribution >= 0.6 is 7.82 Å². The first-order chi connectivity index (χ1) is 30.4. The lowest BCUT2D eigenvalue weighted by molar-refractivity contribution is -0.154. The van der Waals surface area contributed by atoms with Crippen LogP contribution in [0.25, 0.3) is 0 Å². The molecule has 0 aromatic carbocycles. The Labute approximate surface area is 383 Å². The van der Waals surface area contributed by atoms with Gasteiger partial charge in [0.2, 0.25) is 0 Å². The summed E-state index contributed by atoms with van der Waals surface area (Å²) >= 11 is 0. The van der Waals surface area contributed by atoms with Gasteiger partial charge >= 0.3 is 13.8 Å². The minimum absolute atomic E-state index is 0.0975. The van der Waals surface area contributed by atoms with E-state index >= 15 is 0 Å². The SMILES string of the molecule is CC/C=C\C/C=C\C/C=C\C/C=C\CCCCCCCCC(=O)OC(COCCCCCCCCCCCCCCCCCCCCCCCCCC)COP(=O)(O)OCCN. The Bertz CT molecular complexity index is 1090. The molecule has 0 fully saturated rings. The van der Waals surface area contributed by atoms with Gasteiger partial charge in [-0.2, -0.15) is 0 Å². The summed E-state index contributed by atoms with van der Waals surface area (Å²) in [6.45, 7) is 4.83. The third-order valence-electron chi connectivity index (χ3n) is 11.3. The Morgan fingerprint density at radius 1 is 0.500 bits per heavy atom. The van der Waals surface area contributed by atoms with E-state index in [9.17, 15) is 14.3 Å². The molecule has 2 unspecified atom stereocenters. The van der Waals surface area contributed by atoms with Crippen LogP contribution in [0.2, 0.25) is 0 Å². The average molecular weight is 894 g/mol. The summed E-state index contributed by atoms with van der Waals surface area (Å²) in [5.41, 5.74) is 5.39. The van der Waals surface area contributed by atoms with Crippen LogP contribution in [0.3, 0.4) is 0 Å². The fourth-order valence-electron chi connectivity index (χ4n) is 7.46. The van der Waals surface area contributed by atoms with Gasteiger partial charge in [-0.3, -0.25) is 13.8 Å². The normalized spacial score (nSPS) is 13.7. The van der Waals surface area contributed by atoms with Crippen molar-refractivity contribution in [1.29, 1.82) is 0 Å². The van der Waals surface area contributed by atoms with Gasteiger partial charge in [0, 0.05) is 19.6 Å². The van der Waals surface area contributed by atoms with Crippen LogP contribution in [0.4, 0.5) is 0 Å². The molecule has 0 aliphatic heterocycles. The first kappa shape index (κ1) is 60.5. The quantitative estimate of drug-likeness (QED) is 0.0268. The summed E-state index contributed by atoms with van der Waals surface area (Å²) in [5, 5.41) is 0. The third-order valence-corrected chi connectivity index (χ3v) is 12.2. The highest BCUT2D eigenvalue weighted by Crippen LogP contribution is 2.43. The van der Waals surface area contributed by atoms with Crippen molar-refractivity contribution in [2.75, 3.05) is 33.0 Å². The number of ether oxygens (including phenoxy) is 2. The van der Waals surface area contributed by atoms with Gasteiger partial charge in [-0.15, -0.1) is 0 Å². The molecule has 0 rings (SSSR count). The van der Waals surface area contributed by atoms with Crippen molar-refractivity contribution in [1.82, 2.24) is 0 Å². The molecule has 2 atom stereocenters. The molecule has 0 saturated carbocycles. The van der Waals surface area contributed by atoms with Gasteiger partial charge in [0.1, 0.15) is 6.10 Å². The van der Waals surface area contributed by atoms with Crippen LogP contribution in [0.1, 0.15) is 245 Å². The number of unbranched alkanes of at least 4 members (excludes halogenated alkanes) is 29. The van der Waals surface area contributed by atoms with E-state index in [-0.39, 0.29) is 32.3 Å². The summed E-state index contributed by atoms with van der Waals surface area (Å²) in [6.07, 6.45) is 61.5. The van der Waals surface area contributed by atoms with E-state index in [1.807, 2.05) is 0 Å². The van der Waals surface area contributed by atoms with Crippen LogP contribution in [0.15, 0.2) is 48.6 Å². The lowest BCUT2D eigenvalue weighted by Crippen LogP contribution is -2.28. The third kappa shape index (κ3) is 49.5. The smallest absolute Gasteiger partial charge is 0.457 e. The highest BCUT2D eigenvalue weighted by molar-refractivity contribution is 7.47. The van der Waals surface area contributed by atoms with Gasteiger partial charge in [-0.25, -0.2) is 4.57 Å². The number of phosphoric ester groups is 1. The Morgan fingerprint density at radius 3 is 1.35 bits per heavy atom. The van der Waals surface area contributed by atoms with Crippen molar-refractivity contribution in [3.63, 3.8) is 0 Å². The minimum Gasteiger partial charge on any atom is -0.457 e. The maximum absolute atomic E-state index is 12.6. The molecule has 3 N–H and O–H groups in total. The Hall–Kier alpha value is -1.54. The highest BCUT2D eigenvalue weighted by Gasteiger charge is 2.25. The van der Waals surface area contributed by atoms with E-state index in [0.29, 0.717) is 13.0 Å². The first-order valence-electron chi connectivity index (χ1n) is 26.1. The van der Waals surface area contributed by atoms with Gasteiger partial charge in [0.15, 0.2) is 0 Å². The lowest BCUT2D eigenvalue weighted by Gasteiger charge is -2.20. The lowest BCUT2D eigenvalue weighted by atomic mass is 10.0. The Balaban J connectivity index is 3.91. The second kappa shape index (κ2) is 50.5. The van der Waals surface area contributed by atoms with Gasteiger partial charge in [0.25, 0.3) is 0 Å². The van der Waals surface area contributed by atoms with Crippen LogP contribution in [-0.4, -0.2) is 49.9 Å². The molecular weight excluding hydrogens is 794 g/mol. The molecule has 0 bridgehead atoms. The van der Waals surface area contributed by atoms with Crippen molar-refractivity contribution < 1.29 is 32.8 Å². The molecule has 9 heteroatoms. The Kier molecular flexibility index (Phi) is 49.2. The molecule has 0 aliphatic carbocycles. The van der Waals surface area contributed by atoms with Crippen LogP contribution < -0.4 is 5.73 Å². The monoisotopic (exact) mass is 894 g/mol. The summed E-state index contributed by atoms with van der Waals surface area (Å²) in [6, 6.07) is 0.